The Hall–Kier alpha value is -0.800. The summed E-state index contributed by atoms with van der Waals surface area (Å²) in [4.78, 5) is 14.5. The molecule has 4 nitrogen and oxygen atoms in total. The van der Waals surface area contributed by atoms with Crippen molar-refractivity contribution in [2.24, 2.45) is 10.8 Å². The minimum Gasteiger partial charge on any atom is -0.313 e. The van der Waals surface area contributed by atoms with Gasteiger partial charge in [0.25, 0.3) is 5.09 Å². The summed E-state index contributed by atoms with van der Waals surface area (Å²) in [5, 5.41) is 9.33. The molecule has 0 aromatic heterocycles. The van der Waals surface area contributed by atoms with Crippen molar-refractivity contribution in [1.82, 2.24) is 0 Å². The van der Waals surface area contributed by atoms with Crippen LogP contribution in [-0.2, 0) is 4.84 Å². The zero-order valence-electron chi connectivity index (χ0n) is 8.50. The van der Waals surface area contributed by atoms with E-state index in [0.29, 0.717) is 0 Å². The van der Waals surface area contributed by atoms with Gasteiger partial charge in [-0.15, -0.1) is 10.1 Å². The Morgan fingerprint density at radius 3 is 2.31 bits per heavy atom. The van der Waals surface area contributed by atoms with Crippen LogP contribution in [0.3, 0.4) is 0 Å². The summed E-state index contributed by atoms with van der Waals surface area (Å²) in [6.45, 7) is 6.73. The lowest BCUT2D eigenvalue weighted by Crippen LogP contribution is -2.20. The van der Waals surface area contributed by atoms with E-state index in [4.69, 9.17) is 0 Å². The van der Waals surface area contributed by atoms with Crippen molar-refractivity contribution >= 4 is 0 Å². The maximum absolute atomic E-state index is 10.0. The average Bonchev–Trinajstić information content (AvgIpc) is 2.62. The molecule has 0 aromatic carbocycles. The van der Waals surface area contributed by atoms with E-state index in [1.54, 1.807) is 0 Å². The highest BCUT2D eigenvalue weighted by molar-refractivity contribution is 4.95. The highest BCUT2D eigenvalue weighted by Gasteiger charge is 2.45. The molecule has 0 spiro atoms. The molecule has 1 aliphatic rings. The maximum atomic E-state index is 10.0. The second kappa shape index (κ2) is 3.16. The molecule has 0 heterocycles. The fraction of sp³-hybridized carbons (Fsp3) is 1.00. The van der Waals surface area contributed by atoms with Crippen LogP contribution in [0.15, 0.2) is 0 Å². The van der Waals surface area contributed by atoms with Crippen molar-refractivity contribution in [2.45, 2.75) is 40.0 Å². The van der Waals surface area contributed by atoms with Crippen LogP contribution in [-0.4, -0.2) is 11.7 Å². The highest BCUT2D eigenvalue weighted by Crippen LogP contribution is 2.53. The summed E-state index contributed by atoms with van der Waals surface area (Å²) in [6, 6.07) is 0. The van der Waals surface area contributed by atoms with Gasteiger partial charge < -0.3 is 4.84 Å². The minimum atomic E-state index is -0.692. The third-order valence-electron chi connectivity index (χ3n) is 2.34. The SMILES string of the molecule is CC(C)(C)CC1(CO[N+](=O)[O-])CC1. The zero-order valence-corrected chi connectivity index (χ0v) is 8.50. The van der Waals surface area contributed by atoms with Crippen molar-refractivity contribution in [3.05, 3.63) is 10.1 Å². The van der Waals surface area contributed by atoms with Gasteiger partial charge in [0.05, 0.1) is 0 Å². The van der Waals surface area contributed by atoms with Gasteiger partial charge in [-0.3, -0.25) is 0 Å². The molecule has 0 radical (unpaired) electrons. The number of rotatable bonds is 4. The van der Waals surface area contributed by atoms with E-state index >= 15 is 0 Å². The fourth-order valence-corrected chi connectivity index (χ4v) is 1.86. The molecular formula is C9H17NO3. The van der Waals surface area contributed by atoms with Gasteiger partial charge in [0.1, 0.15) is 6.61 Å². The average molecular weight is 187 g/mol. The van der Waals surface area contributed by atoms with Gasteiger partial charge in [-0.25, -0.2) is 0 Å². The quantitative estimate of drug-likeness (QED) is 0.501. The first-order valence-electron chi connectivity index (χ1n) is 4.60. The lowest BCUT2D eigenvalue weighted by Gasteiger charge is -2.24. The molecule has 0 amide bonds. The molecule has 0 N–H and O–H groups in total. The molecular weight excluding hydrogens is 170 g/mol. The van der Waals surface area contributed by atoms with E-state index in [2.05, 4.69) is 25.6 Å². The minimum absolute atomic E-state index is 0.103. The number of hydrogen-bond acceptors (Lipinski definition) is 3. The summed E-state index contributed by atoms with van der Waals surface area (Å²) in [5.41, 5.74) is 0.335. The molecule has 1 aliphatic carbocycles. The summed E-state index contributed by atoms with van der Waals surface area (Å²) >= 11 is 0. The second-order valence-corrected chi connectivity index (χ2v) is 5.23. The topological polar surface area (TPSA) is 52.4 Å². The Morgan fingerprint density at radius 1 is 1.46 bits per heavy atom. The van der Waals surface area contributed by atoms with Crippen LogP contribution in [0.2, 0.25) is 0 Å². The van der Waals surface area contributed by atoms with Crippen molar-refractivity contribution < 1.29 is 9.92 Å². The van der Waals surface area contributed by atoms with Gasteiger partial charge in [0, 0.05) is 0 Å². The molecule has 0 aromatic rings. The van der Waals surface area contributed by atoms with Gasteiger partial charge in [-0.05, 0) is 30.1 Å². The smallest absolute Gasteiger partial charge is 0.294 e. The first-order valence-corrected chi connectivity index (χ1v) is 4.60. The van der Waals surface area contributed by atoms with E-state index in [9.17, 15) is 10.1 Å². The van der Waals surface area contributed by atoms with Crippen LogP contribution >= 0.6 is 0 Å². The summed E-state index contributed by atoms with van der Waals surface area (Å²) in [7, 11) is 0. The standard InChI is InChI=1S/C9H17NO3/c1-8(2,3)6-9(4-5-9)7-13-10(11)12/h4-7H2,1-3H3. The molecule has 0 bridgehead atoms. The third-order valence-corrected chi connectivity index (χ3v) is 2.34. The van der Waals surface area contributed by atoms with E-state index < -0.39 is 5.09 Å². The Kier molecular flexibility index (Phi) is 2.50. The normalized spacial score (nSPS) is 19.6. The molecule has 0 unspecified atom stereocenters. The van der Waals surface area contributed by atoms with Crippen molar-refractivity contribution in [3.63, 3.8) is 0 Å². The van der Waals surface area contributed by atoms with Crippen LogP contribution in [0.25, 0.3) is 0 Å². The summed E-state index contributed by atoms with van der Waals surface area (Å²) in [5.74, 6) is 0. The number of hydrogen-bond donors (Lipinski definition) is 0. The molecule has 0 saturated heterocycles. The van der Waals surface area contributed by atoms with Crippen LogP contribution in [0.1, 0.15) is 40.0 Å². The van der Waals surface area contributed by atoms with Gasteiger partial charge in [-0.1, -0.05) is 20.8 Å². The zero-order chi connectivity index (χ0) is 10.1. The predicted octanol–water partition coefficient (Wildman–Crippen LogP) is 2.41. The van der Waals surface area contributed by atoms with E-state index in [1.165, 1.54) is 0 Å². The molecule has 0 aliphatic heterocycles. The Bertz CT molecular complexity index is 203. The largest absolute Gasteiger partial charge is 0.313 e. The van der Waals surface area contributed by atoms with Crippen molar-refractivity contribution in [2.75, 3.05) is 6.61 Å². The Balaban J connectivity index is 2.35. The van der Waals surface area contributed by atoms with Gasteiger partial charge in [0.15, 0.2) is 0 Å². The third kappa shape index (κ3) is 3.61. The van der Waals surface area contributed by atoms with Gasteiger partial charge in [0.2, 0.25) is 0 Å². The summed E-state index contributed by atoms with van der Waals surface area (Å²) in [6.07, 6.45) is 3.14. The molecule has 4 heteroatoms. The second-order valence-electron chi connectivity index (χ2n) is 5.23. The van der Waals surface area contributed by atoms with E-state index in [1.807, 2.05) is 0 Å². The summed E-state index contributed by atoms with van der Waals surface area (Å²) < 4.78 is 0. The van der Waals surface area contributed by atoms with Gasteiger partial charge >= 0.3 is 0 Å². The Morgan fingerprint density at radius 2 is 2.00 bits per heavy atom. The van der Waals surface area contributed by atoms with Crippen molar-refractivity contribution in [1.29, 1.82) is 0 Å². The first kappa shape index (κ1) is 10.3. The van der Waals surface area contributed by atoms with E-state index in [-0.39, 0.29) is 17.4 Å². The number of nitrogens with zero attached hydrogens (tertiary/aromatic N) is 1. The predicted molar refractivity (Wildman–Crippen MR) is 48.7 cm³/mol. The van der Waals surface area contributed by atoms with Crippen LogP contribution in [0.5, 0.6) is 0 Å². The molecule has 76 valence electrons. The molecule has 1 fully saturated rings. The maximum Gasteiger partial charge on any atom is 0.294 e. The monoisotopic (exact) mass is 187 g/mol. The van der Waals surface area contributed by atoms with Crippen LogP contribution < -0.4 is 0 Å². The van der Waals surface area contributed by atoms with Crippen LogP contribution in [0.4, 0.5) is 0 Å². The lowest BCUT2D eigenvalue weighted by atomic mass is 9.83. The Labute approximate surface area is 78.4 Å². The molecule has 1 saturated carbocycles. The lowest BCUT2D eigenvalue weighted by molar-refractivity contribution is -0.760. The van der Waals surface area contributed by atoms with Crippen LogP contribution in [0, 0.1) is 20.9 Å². The molecule has 0 atom stereocenters. The highest BCUT2D eigenvalue weighted by atomic mass is 16.9. The van der Waals surface area contributed by atoms with Crippen molar-refractivity contribution in [3.8, 4) is 0 Å². The van der Waals surface area contributed by atoms with E-state index in [0.717, 1.165) is 19.3 Å². The molecule has 1 rings (SSSR count). The molecule has 13 heavy (non-hydrogen) atoms. The van der Waals surface area contributed by atoms with Gasteiger partial charge in [-0.2, -0.15) is 0 Å². The fourth-order valence-electron chi connectivity index (χ4n) is 1.86. The first-order chi connectivity index (χ1) is 5.83.